The van der Waals surface area contributed by atoms with Crippen molar-refractivity contribution in [2.24, 2.45) is 0 Å². The van der Waals surface area contributed by atoms with Crippen LogP contribution in [0.4, 0.5) is 0 Å². The van der Waals surface area contributed by atoms with Gasteiger partial charge in [-0.15, -0.1) is 0 Å². The Hall–Kier alpha value is -0.720. The van der Waals surface area contributed by atoms with Gasteiger partial charge >= 0.3 is 0 Å². The summed E-state index contributed by atoms with van der Waals surface area (Å²) in [5, 5.41) is 35.2. The maximum absolute atomic E-state index is 9.68. The van der Waals surface area contributed by atoms with E-state index in [1.807, 2.05) is 0 Å². The number of epoxide rings is 7. The molecule has 51 heavy (non-hydrogen) atoms. The van der Waals surface area contributed by atoms with Gasteiger partial charge in [0.25, 0.3) is 0 Å². The maximum atomic E-state index is 9.68. The third kappa shape index (κ3) is 24.3. The molecule has 0 aromatic carbocycles. The molecule has 0 saturated carbocycles. The molecule has 8 atom stereocenters. The van der Waals surface area contributed by atoms with Crippen molar-refractivity contribution >= 4 is 0 Å². The van der Waals surface area contributed by atoms with E-state index in [-0.39, 0.29) is 76.3 Å². The van der Waals surface area contributed by atoms with Crippen LogP contribution < -0.4 is 0 Å². The zero-order valence-corrected chi connectivity index (χ0v) is 29.6. The Labute approximate surface area is 299 Å². The molecular formula is C33H60O18. The molecule has 4 N–H and O–H groups in total. The van der Waals surface area contributed by atoms with Crippen LogP contribution in [0.25, 0.3) is 0 Å². The van der Waals surface area contributed by atoms with Crippen LogP contribution in [0.3, 0.4) is 0 Å². The smallest absolute Gasteiger partial charge is 0.138 e. The molecule has 7 fully saturated rings. The van der Waals surface area contributed by atoms with Gasteiger partial charge in [-0.05, 0) is 6.42 Å². The molecule has 7 heterocycles. The van der Waals surface area contributed by atoms with Crippen LogP contribution in [-0.4, -0.2) is 227 Å². The van der Waals surface area contributed by atoms with Crippen LogP contribution in [0, 0.1) is 0 Å². The third-order valence-corrected chi connectivity index (χ3v) is 7.64. The van der Waals surface area contributed by atoms with E-state index >= 15 is 0 Å². The molecule has 7 aliphatic heterocycles. The summed E-state index contributed by atoms with van der Waals surface area (Å²) in [7, 11) is 0. The number of aliphatic hydroxyl groups is 4. The highest BCUT2D eigenvalue weighted by Crippen LogP contribution is 2.20. The van der Waals surface area contributed by atoms with E-state index in [1.165, 1.54) is 0 Å². The highest BCUT2D eigenvalue weighted by Gasteiger charge is 2.37. The standard InChI is InChI=1S/C13H22O7.C9H16O5.C6H12O3.C5H10O3/c14-7-13(20-6-12-5-19-12,8-15-1-10-3-17-10)9-16-2-11-4-18-11;10-1-7(12-5-9-6-14-9)2-11-3-8-4-13-8;7-2-1-3-8-4-6-5-9-6;6-1-2-7-3-5-4-8-5/h10-12,14H,1-9H2;7-10H,1-6H2;6-7H,1-5H2;5-6H,1-4H2. The van der Waals surface area contributed by atoms with Crippen molar-refractivity contribution in [1.82, 2.24) is 0 Å². The molecule has 0 aromatic heterocycles. The first-order chi connectivity index (χ1) is 25.0. The lowest BCUT2D eigenvalue weighted by Gasteiger charge is -2.31. The van der Waals surface area contributed by atoms with E-state index in [0.717, 1.165) is 52.7 Å². The second-order valence-electron chi connectivity index (χ2n) is 13.0. The maximum Gasteiger partial charge on any atom is 0.138 e. The summed E-state index contributed by atoms with van der Waals surface area (Å²) in [6.07, 6.45) is 2.18. The van der Waals surface area contributed by atoms with Crippen molar-refractivity contribution in [2.75, 3.05) is 152 Å². The molecule has 0 amide bonds. The van der Waals surface area contributed by atoms with E-state index in [9.17, 15) is 5.11 Å². The Balaban J connectivity index is 0.000000164. The van der Waals surface area contributed by atoms with Gasteiger partial charge in [0, 0.05) is 13.2 Å². The predicted molar refractivity (Wildman–Crippen MR) is 174 cm³/mol. The van der Waals surface area contributed by atoms with Crippen LogP contribution in [0.15, 0.2) is 0 Å². The van der Waals surface area contributed by atoms with E-state index in [4.69, 9.17) is 81.6 Å². The summed E-state index contributed by atoms with van der Waals surface area (Å²) in [6, 6.07) is 0. The van der Waals surface area contributed by atoms with E-state index in [0.29, 0.717) is 78.3 Å². The molecule has 7 saturated heterocycles. The fourth-order valence-electron chi connectivity index (χ4n) is 3.82. The van der Waals surface area contributed by atoms with Crippen LogP contribution in [0.2, 0.25) is 0 Å². The number of aliphatic hydroxyl groups excluding tert-OH is 4. The summed E-state index contributed by atoms with van der Waals surface area (Å²) in [5.41, 5.74) is -0.838. The van der Waals surface area contributed by atoms with Crippen molar-refractivity contribution < 1.29 is 86.7 Å². The number of hydrogen-bond donors (Lipinski definition) is 4. The number of hydrogen-bond acceptors (Lipinski definition) is 18. The highest BCUT2D eigenvalue weighted by atomic mass is 16.6. The van der Waals surface area contributed by atoms with Crippen molar-refractivity contribution in [3.05, 3.63) is 0 Å². The minimum atomic E-state index is -0.838. The molecule has 0 aliphatic carbocycles. The normalized spacial score (nSPS) is 30.2. The molecule has 0 aromatic rings. The average Bonchev–Trinajstić information content (AvgIpc) is 3.93. The van der Waals surface area contributed by atoms with Gasteiger partial charge < -0.3 is 86.7 Å². The zero-order valence-electron chi connectivity index (χ0n) is 29.6. The second-order valence-corrected chi connectivity index (χ2v) is 13.0. The Kier molecular flexibility index (Phi) is 21.4. The SMILES string of the molecule is OCC(COCC1CO1)(COCC1CO1)OCC1CO1.OCC(COCC1CO1)OCC1CO1.OCCCOCC1CO1.OCCOCC1CO1. The van der Waals surface area contributed by atoms with E-state index in [2.05, 4.69) is 0 Å². The number of ether oxygens (including phenoxy) is 14. The molecule has 7 aliphatic rings. The van der Waals surface area contributed by atoms with Crippen LogP contribution in [-0.2, 0) is 66.3 Å². The van der Waals surface area contributed by atoms with Crippen LogP contribution in [0.5, 0.6) is 0 Å². The lowest BCUT2D eigenvalue weighted by Crippen LogP contribution is -2.47. The first kappa shape index (κ1) is 43.0. The van der Waals surface area contributed by atoms with E-state index < -0.39 is 5.60 Å². The van der Waals surface area contributed by atoms with E-state index in [1.54, 1.807) is 0 Å². The first-order valence-corrected chi connectivity index (χ1v) is 17.9. The molecule has 18 nitrogen and oxygen atoms in total. The minimum absolute atomic E-state index is 0.0156. The van der Waals surface area contributed by atoms with Gasteiger partial charge in [0.2, 0.25) is 0 Å². The van der Waals surface area contributed by atoms with Crippen molar-refractivity contribution in [2.45, 2.75) is 60.9 Å². The number of rotatable bonds is 29. The molecular weight excluding hydrogens is 684 g/mol. The van der Waals surface area contributed by atoms with Gasteiger partial charge in [-0.25, -0.2) is 0 Å². The molecule has 18 heteroatoms. The predicted octanol–water partition coefficient (Wildman–Crippen LogP) is -2.68. The van der Waals surface area contributed by atoms with Crippen molar-refractivity contribution in [3.8, 4) is 0 Å². The van der Waals surface area contributed by atoms with Gasteiger partial charge in [0.1, 0.15) is 54.4 Å². The Morgan fingerprint density at radius 2 is 0.902 bits per heavy atom. The molecule has 0 bridgehead atoms. The third-order valence-electron chi connectivity index (χ3n) is 7.64. The summed E-state index contributed by atoms with van der Waals surface area (Å²) in [5.74, 6) is 0. The lowest BCUT2D eigenvalue weighted by atomic mass is 10.1. The summed E-state index contributed by atoms with van der Waals surface area (Å²) in [6.45, 7) is 11.6. The quantitative estimate of drug-likeness (QED) is 0.0451. The van der Waals surface area contributed by atoms with Gasteiger partial charge in [0.15, 0.2) is 0 Å². The Morgan fingerprint density at radius 3 is 1.31 bits per heavy atom. The summed E-state index contributed by atoms with van der Waals surface area (Å²) < 4.78 is 72.7. The van der Waals surface area contributed by atoms with Crippen molar-refractivity contribution in [3.63, 3.8) is 0 Å². The van der Waals surface area contributed by atoms with Crippen LogP contribution >= 0.6 is 0 Å². The van der Waals surface area contributed by atoms with Gasteiger partial charge in [-0.3, -0.25) is 0 Å². The largest absolute Gasteiger partial charge is 0.396 e. The summed E-state index contributed by atoms with van der Waals surface area (Å²) in [4.78, 5) is 0. The van der Waals surface area contributed by atoms with Gasteiger partial charge in [-0.2, -0.15) is 0 Å². The highest BCUT2D eigenvalue weighted by molar-refractivity contribution is 4.83. The monoisotopic (exact) mass is 744 g/mol. The molecule has 0 spiro atoms. The van der Waals surface area contributed by atoms with Crippen molar-refractivity contribution in [1.29, 1.82) is 0 Å². The van der Waals surface area contributed by atoms with Gasteiger partial charge in [0.05, 0.1) is 139 Å². The molecule has 0 radical (unpaired) electrons. The molecule has 7 rings (SSSR count). The van der Waals surface area contributed by atoms with Crippen LogP contribution in [0.1, 0.15) is 6.42 Å². The second kappa shape index (κ2) is 25.4. The lowest BCUT2D eigenvalue weighted by molar-refractivity contribution is -0.160. The van der Waals surface area contributed by atoms with Gasteiger partial charge in [-0.1, -0.05) is 0 Å². The fraction of sp³-hybridized carbons (Fsp3) is 1.00. The molecule has 300 valence electrons. The summed E-state index contributed by atoms with van der Waals surface area (Å²) >= 11 is 0. The molecule has 8 unspecified atom stereocenters. The average molecular weight is 745 g/mol. The Morgan fingerprint density at radius 1 is 0.490 bits per heavy atom. The minimum Gasteiger partial charge on any atom is -0.396 e. The first-order valence-electron chi connectivity index (χ1n) is 17.9. The fourth-order valence-corrected chi connectivity index (χ4v) is 3.82. The zero-order chi connectivity index (χ0) is 36.0. The Bertz CT molecular complexity index is 828. The topological polar surface area (TPSA) is 233 Å².